The Morgan fingerprint density at radius 1 is 1.41 bits per heavy atom. The zero-order valence-corrected chi connectivity index (χ0v) is 14.3. The summed E-state index contributed by atoms with van der Waals surface area (Å²) in [5, 5.41) is -0.218. The number of aromatic nitrogens is 2. The molecular weight excluding hydrogens is 306 g/mol. The van der Waals surface area contributed by atoms with Crippen LogP contribution < -0.4 is 0 Å². The Hall–Kier alpha value is -1.70. The smallest absolute Gasteiger partial charge is 0.410 e. The first kappa shape index (κ1) is 16.7. The zero-order valence-electron chi connectivity index (χ0n) is 13.5. The summed E-state index contributed by atoms with van der Waals surface area (Å²) in [4.78, 5) is 21.8. The first-order valence-corrected chi connectivity index (χ1v) is 8.91. The monoisotopic (exact) mass is 327 g/mol. The highest BCUT2D eigenvalue weighted by Gasteiger charge is 2.32. The van der Waals surface area contributed by atoms with Gasteiger partial charge < -0.3 is 4.74 Å². The number of hydrogen-bond donors (Lipinski definition) is 0. The van der Waals surface area contributed by atoms with Crippen LogP contribution in [0.3, 0.4) is 0 Å². The quantitative estimate of drug-likeness (QED) is 0.727. The molecule has 122 valence electrons. The molecule has 1 atom stereocenters. The van der Waals surface area contributed by atoms with Crippen LogP contribution in [0, 0.1) is 0 Å². The minimum atomic E-state index is -3.47. The molecule has 0 radical (unpaired) electrons. The number of ether oxygens (including phenoxy) is 1. The number of nitrogens with zero attached hydrogens (tertiary/aromatic N) is 3. The Kier molecular flexibility index (Phi) is 4.16. The van der Waals surface area contributed by atoms with Gasteiger partial charge in [-0.2, -0.15) is 0 Å². The summed E-state index contributed by atoms with van der Waals surface area (Å²) in [6.07, 6.45) is 2.73. The fraction of sp³-hybridized carbons (Fsp3) is 0.643. The van der Waals surface area contributed by atoms with E-state index in [1.54, 1.807) is 25.7 Å². The molecule has 7 nitrogen and oxygen atoms in total. The van der Waals surface area contributed by atoms with Crippen LogP contribution in [-0.4, -0.2) is 47.3 Å². The highest BCUT2D eigenvalue weighted by molar-refractivity contribution is 7.90. The third-order valence-electron chi connectivity index (χ3n) is 3.26. The average Bonchev–Trinajstić information content (AvgIpc) is 2.34. The van der Waals surface area contributed by atoms with Gasteiger partial charge in [0, 0.05) is 18.5 Å². The van der Waals surface area contributed by atoms with E-state index in [0.717, 1.165) is 11.8 Å². The van der Waals surface area contributed by atoms with Crippen LogP contribution in [0.5, 0.6) is 0 Å². The Labute approximate surface area is 130 Å². The second kappa shape index (κ2) is 5.49. The summed E-state index contributed by atoms with van der Waals surface area (Å²) in [6, 6.07) is -0.0602. The molecule has 1 aliphatic heterocycles. The molecule has 0 aliphatic carbocycles. The van der Waals surface area contributed by atoms with E-state index in [1.807, 2.05) is 6.92 Å². The van der Waals surface area contributed by atoms with Crippen LogP contribution in [0.2, 0.25) is 0 Å². The lowest BCUT2D eigenvalue weighted by Gasteiger charge is -2.35. The van der Waals surface area contributed by atoms with Crippen LogP contribution in [-0.2, 0) is 27.5 Å². The molecule has 0 unspecified atom stereocenters. The largest absolute Gasteiger partial charge is 0.444 e. The van der Waals surface area contributed by atoms with Crippen molar-refractivity contribution < 1.29 is 17.9 Å². The summed E-state index contributed by atoms with van der Waals surface area (Å²) in [7, 11) is -3.47. The molecule has 1 aromatic heterocycles. The van der Waals surface area contributed by atoms with Gasteiger partial charge in [0.1, 0.15) is 5.60 Å². The number of rotatable bonds is 1. The minimum absolute atomic E-state index is 0.0602. The van der Waals surface area contributed by atoms with Gasteiger partial charge in [-0.3, -0.25) is 4.90 Å². The third kappa shape index (κ3) is 3.73. The van der Waals surface area contributed by atoms with Gasteiger partial charge in [-0.15, -0.1) is 0 Å². The molecule has 1 amide bonds. The normalized spacial score (nSPS) is 18.8. The average molecular weight is 327 g/mol. The van der Waals surface area contributed by atoms with Gasteiger partial charge in [0.25, 0.3) is 0 Å². The second-order valence-corrected chi connectivity index (χ2v) is 8.47. The molecule has 0 saturated heterocycles. The molecule has 0 N–H and O–H groups in total. The molecule has 8 heteroatoms. The Bertz CT molecular complexity index is 695. The standard InChI is InChI=1S/C14H21N3O4S/c1-9-6-10-7-15-12(22(5,19)20)16-11(10)8-17(9)13(18)21-14(2,3)4/h7,9H,6,8H2,1-5H3/t9-/m1/s1. The Morgan fingerprint density at radius 3 is 2.59 bits per heavy atom. The highest BCUT2D eigenvalue weighted by Crippen LogP contribution is 2.24. The van der Waals surface area contributed by atoms with E-state index in [4.69, 9.17) is 4.74 Å². The number of fused-ring (bicyclic) bond motifs is 1. The lowest BCUT2D eigenvalue weighted by Crippen LogP contribution is -2.45. The van der Waals surface area contributed by atoms with Crippen LogP contribution in [0.4, 0.5) is 4.79 Å². The number of hydrogen-bond acceptors (Lipinski definition) is 6. The van der Waals surface area contributed by atoms with Crippen molar-refractivity contribution in [3.63, 3.8) is 0 Å². The minimum Gasteiger partial charge on any atom is -0.444 e. The number of amides is 1. The van der Waals surface area contributed by atoms with E-state index in [0.29, 0.717) is 12.1 Å². The topological polar surface area (TPSA) is 89.5 Å². The highest BCUT2D eigenvalue weighted by atomic mass is 32.2. The molecule has 0 saturated carbocycles. The summed E-state index contributed by atoms with van der Waals surface area (Å²) in [5.41, 5.74) is 0.833. The van der Waals surface area contributed by atoms with Crippen molar-refractivity contribution in [3.05, 3.63) is 17.5 Å². The van der Waals surface area contributed by atoms with E-state index >= 15 is 0 Å². The van der Waals surface area contributed by atoms with Crippen molar-refractivity contribution >= 4 is 15.9 Å². The molecule has 22 heavy (non-hydrogen) atoms. The number of sulfone groups is 1. The molecule has 0 bridgehead atoms. The first-order valence-electron chi connectivity index (χ1n) is 7.02. The van der Waals surface area contributed by atoms with E-state index in [1.165, 1.54) is 6.20 Å². The molecule has 2 rings (SSSR count). The van der Waals surface area contributed by atoms with E-state index in [9.17, 15) is 13.2 Å². The molecular formula is C14H21N3O4S. The predicted octanol–water partition coefficient (Wildman–Crippen LogP) is 1.56. The maximum absolute atomic E-state index is 12.3. The first-order chi connectivity index (χ1) is 9.97. The molecule has 0 fully saturated rings. The molecule has 2 heterocycles. The second-order valence-electron chi connectivity index (χ2n) is 6.56. The number of carbonyl (C=O) groups is 1. The Morgan fingerprint density at radius 2 is 2.05 bits per heavy atom. The Balaban J connectivity index is 2.29. The predicted molar refractivity (Wildman–Crippen MR) is 80.1 cm³/mol. The van der Waals surface area contributed by atoms with Crippen molar-refractivity contribution in [3.8, 4) is 0 Å². The summed E-state index contributed by atoms with van der Waals surface area (Å²) < 4.78 is 28.5. The maximum Gasteiger partial charge on any atom is 0.410 e. The summed E-state index contributed by atoms with van der Waals surface area (Å²) in [6.45, 7) is 7.54. The van der Waals surface area contributed by atoms with Gasteiger partial charge in [0.2, 0.25) is 15.0 Å². The lowest BCUT2D eigenvalue weighted by molar-refractivity contribution is 0.0133. The fourth-order valence-electron chi connectivity index (χ4n) is 2.22. The summed E-state index contributed by atoms with van der Waals surface area (Å²) in [5.74, 6) is 0. The van der Waals surface area contributed by atoms with E-state index in [-0.39, 0.29) is 17.7 Å². The van der Waals surface area contributed by atoms with Crippen molar-refractivity contribution in [1.29, 1.82) is 0 Å². The van der Waals surface area contributed by atoms with Gasteiger partial charge >= 0.3 is 6.09 Å². The van der Waals surface area contributed by atoms with E-state index < -0.39 is 21.5 Å². The molecule has 0 spiro atoms. The lowest BCUT2D eigenvalue weighted by atomic mass is 10.0. The maximum atomic E-state index is 12.3. The van der Waals surface area contributed by atoms with Crippen LogP contribution in [0.1, 0.15) is 39.0 Å². The fourth-order valence-corrected chi connectivity index (χ4v) is 2.74. The van der Waals surface area contributed by atoms with Gasteiger partial charge in [0.05, 0.1) is 12.2 Å². The van der Waals surface area contributed by atoms with Gasteiger partial charge in [-0.1, -0.05) is 0 Å². The van der Waals surface area contributed by atoms with Crippen molar-refractivity contribution in [2.45, 2.75) is 57.5 Å². The van der Waals surface area contributed by atoms with Gasteiger partial charge in [-0.25, -0.2) is 23.2 Å². The van der Waals surface area contributed by atoms with Crippen LogP contribution in [0.15, 0.2) is 11.4 Å². The summed E-state index contributed by atoms with van der Waals surface area (Å²) >= 11 is 0. The third-order valence-corrected chi connectivity index (χ3v) is 4.12. The van der Waals surface area contributed by atoms with Crippen molar-refractivity contribution in [1.82, 2.24) is 14.9 Å². The SMILES string of the molecule is C[C@@H]1Cc2cnc(S(C)(=O)=O)nc2CN1C(=O)OC(C)(C)C. The molecule has 1 aliphatic rings. The van der Waals surface area contributed by atoms with E-state index in [2.05, 4.69) is 9.97 Å². The molecule has 1 aromatic rings. The molecule has 0 aromatic carbocycles. The van der Waals surface area contributed by atoms with Crippen molar-refractivity contribution in [2.24, 2.45) is 0 Å². The van der Waals surface area contributed by atoms with Crippen LogP contribution >= 0.6 is 0 Å². The zero-order chi connectivity index (χ0) is 16.7. The van der Waals surface area contributed by atoms with Crippen LogP contribution in [0.25, 0.3) is 0 Å². The van der Waals surface area contributed by atoms with Gasteiger partial charge in [-0.05, 0) is 39.7 Å². The van der Waals surface area contributed by atoms with Crippen molar-refractivity contribution in [2.75, 3.05) is 6.26 Å². The van der Waals surface area contributed by atoms with Gasteiger partial charge in [0.15, 0.2) is 0 Å². The number of carbonyl (C=O) groups excluding carboxylic acids is 1.